The lowest BCUT2D eigenvalue weighted by atomic mass is 9.74. The average molecular weight is 231 g/mol. The van der Waals surface area contributed by atoms with Gasteiger partial charge >= 0.3 is 0 Å². The number of fused-ring (bicyclic) bond motifs is 1. The molecule has 0 radical (unpaired) electrons. The highest BCUT2D eigenvalue weighted by atomic mass is 16.4. The number of rotatable bonds is 2. The van der Waals surface area contributed by atoms with E-state index in [4.69, 9.17) is 5.11 Å². The first-order valence-corrected chi connectivity index (χ1v) is 6.04. The fraction of sp³-hybridized carbons (Fsp3) is 1.00. The number of nitrogens with zero attached hydrogens (tertiary/aromatic N) is 1. The van der Waals surface area contributed by atoms with Crippen LogP contribution in [0.15, 0.2) is 0 Å². The van der Waals surface area contributed by atoms with Crippen LogP contribution >= 0.6 is 0 Å². The Morgan fingerprint density at radius 3 is 2.56 bits per heavy atom. The van der Waals surface area contributed by atoms with Crippen molar-refractivity contribution in [1.82, 2.24) is 4.90 Å². The van der Waals surface area contributed by atoms with Crippen molar-refractivity contribution < 1.29 is 20.4 Å². The van der Waals surface area contributed by atoms with Crippen molar-refractivity contribution in [3.63, 3.8) is 0 Å². The van der Waals surface area contributed by atoms with Crippen molar-refractivity contribution in [3.8, 4) is 0 Å². The number of β-amino-alcohol motifs (C(OH)–C–C–N with tert-alkyl or cyclic N) is 1. The summed E-state index contributed by atoms with van der Waals surface area (Å²) in [6.45, 7) is 1.58. The van der Waals surface area contributed by atoms with Gasteiger partial charge in [-0.05, 0) is 25.8 Å². The third kappa shape index (κ3) is 2.10. The van der Waals surface area contributed by atoms with Gasteiger partial charge in [0.15, 0.2) is 0 Å². The molecule has 1 heterocycles. The molecule has 5 nitrogen and oxygen atoms in total. The lowest BCUT2D eigenvalue weighted by Crippen LogP contribution is -2.60. The Morgan fingerprint density at radius 1 is 1.12 bits per heavy atom. The Hall–Kier alpha value is -0.200. The summed E-state index contributed by atoms with van der Waals surface area (Å²) in [7, 11) is 0. The fourth-order valence-electron chi connectivity index (χ4n) is 3.16. The first-order chi connectivity index (χ1) is 7.65. The van der Waals surface area contributed by atoms with Gasteiger partial charge in [0, 0.05) is 18.5 Å². The summed E-state index contributed by atoms with van der Waals surface area (Å²) >= 11 is 0. The van der Waals surface area contributed by atoms with Crippen LogP contribution in [0.25, 0.3) is 0 Å². The lowest BCUT2D eigenvalue weighted by molar-refractivity contribution is -0.148. The number of aliphatic hydroxyl groups is 4. The summed E-state index contributed by atoms with van der Waals surface area (Å²) in [4.78, 5) is 2.12. The van der Waals surface area contributed by atoms with E-state index in [-0.39, 0.29) is 18.6 Å². The van der Waals surface area contributed by atoms with Gasteiger partial charge in [-0.25, -0.2) is 0 Å². The van der Waals surface area contributed by atoms with Crippen LogP contribution < -0.4 is 0 Å². The fourth-order valence-corrected chi connectivity index (χ4v) is 3.16. The number of piperidine rings is 1. The first kappa shape index (κ1) is 12.3. The van der Waals surface area contributed by atoms with E-state index in [0.29, 0.717) is 13.0 Å². The molecule has 0 aromatic rings. The molecule has 0 aromatic carbocycles. The Bertz CT molecular complexity index is 236. The molecule has 1 saturated heterocycles. The van der Waals surface area contributed by atoms with E-state index < -0.39 is 18.3 Å². The molecule has 1 saturated carbocycles. The van der Waals surface area contributed by atoms with Crippen LogP contribution in [-0.2, 0) is 0 Å². The van der Waals surface area contributed by atoms with Crippen LogP contribution in [-0.4, -0.2) is 69.4 Å². The molecule has 5 atom stereocenters. The van der Waals surface area contributed by atoms with E-state index in [0.717, 1.165) is 19.4 Å². The van der Waals surface area contributed by atoms with E-state index in [9.17, 15) is 15.3 Å². The summed E-state index contributed by atoms with van der Waals surface area (Å²) in [5.74, 6) is 0.0266. The Morgan fingerprint density at radius 2 is 1.88 bits per heavy atom. The second-order valence-corrected chi connectivity index (χ2v) is 4.92. The minimum Gasteiger partial charge on any atom is -0.395 e. The zero-order chi connectivity index (χ0) is 11.7. The standard InChI is InChI=1S/C11H21NO4/c13-5-4-12-3-1-2-7-8(12)6-9(14)11(16)10(7)15/h7-11,13-16H,1-6H2/t7-,8-,9-,10+,11+/m0/s1. The molecule has 2 rings (SSSR count). The minimum atomic E-state index is -1.02. The number of aliphatic hydroxyl groups excluding tert-OH is 4. The van der Waals surface area contributed by atoms with Crippen LogP contribution in [0.2, 0.25) is 0 Å². The van der Waals surface area contributed by atoms with Crippen LogP contribution in [0, 0.1) is 5.92 Å². The molecule has 5 heteroatoms. The van der Waals surface area contributed by atoms with Crippen LogP contribution in [0.1, 0.15) is 19.3 Å². The maximum atomic E-state index is 9.93. The molecule has 0 bridgehead atoms. The molecular weight excluding hydrogens is 210 g/mol. The van der Waals surface area contributed by atoms with E-state index >= 15 is 0 Å². The van der Waals surface area contributed by atoms with Gasteiger partial charge in [-0.15, -0.1) is 0 Å². The maximum Gasteiger partial charge on any atom is 0.106 e. The number of hydrogen-bond acceptors (Lipinski definition) is 5. The number of likely N-dealkylation sites (tertiary alicyclic amines) is 1. The van der Waals surface area contributed by atoms with E-state index in [2.05, 4.69) is 4.90 Å². The van der Waals surface area contributed by atoms with Crippen LogP contribution in [0.4, 0.5) is 0 Å². The molecule has 1 aliphatic heterocycles. The summed E-state index contributed by atoms with van der Waals surface area (Å²) in [5, 5.41) is 38.2. The largest absolute Gasteiger partial charge is 0.395 e. The zero-order valence-electron chi connectivity index (χ0n) is 9.37. The topological polar surface area (TPSA) is 84.2 Å². The molecular formula is C11H21NO4. The first-order valence-electron chi connectivity index (χ1n) is 6.04. The normalized spacial score (nSPS) is 45.4. The Labute approximate surface area is 95.3 Å². The Kier molecular flexibility index (Phi) is 3.81. The van der Waals surface area contributed by atoms with E-state index in [1.165, 1.54) is 0 Å². The predicted molar refractivity (Wildman–Crippen MR) is 57.8 cm³/mol. The molecule has 0 spiro atoms. The third-order valence-electron chi connectivity index (χ3n) is 4.00. The van der Waals surface area contributed by atoms with Crippen LogP contribution in [0.3, 0.4) is 0 Å². The molecule has 94 valence electrons. The summed E-state index contributed by atoms with van der Waals surface area (Å²) in [6, 6.07) is 0.0919. The molecule has 2 fully saturated rings. The average Bonchev–Trinajstić information content (AvgIpc) is 2.28. The zero-order valence-corrected chi connectivity index (χ0v) is 9.37. The molecule has 2 aliphatic rings. The van der Waals surface area contributed by atoms with Crippen molar-refractivity contribution >= 4 is 0 Å². The highest BCUT2D eigenvalue weighted by Crippen LogP contribution is 2.35. The van der Waals surface area contributed by atoms with Crippen LogP contribution in [0.5, 0.6) is 0 Å². The Balaban J connectivity index is 2.09. The highest BCUT2D eigenvalue weighted by molar-refractivity contribution is 4.98. The lowest BCUT2D eigenvalue weighted by Gasteiger charge is -2.49. The van der Waals surface area contributed by atoms with Gasteiger partial charge in [0.1, 0.15) is 6.10 Å². The van der Waals surface area contributed by atoms with Gasteiger partial charge < -0.3 is 20.4 Å². The number of hydrogen-bond donors (Lipinski definition) is 4. The van der Waals surface area contributed by atoms with Gasteiger partial charge in [-0.3, -0.25) is 4.90 Å². The van der Waals surface area contributed by atoms with Crippen molar-refractivity contribution in [3.05, 3.63) is 0 Å². The van der Waals surface area contributed by atoms with Crippen molar-refractivity contribution in [2.75, 3.05) is 19.7 Å². The molecule has 4 N–H and O–H groups in total. The maximum absolute atomic E-state index is 9.93. The van der Waals surface area contributed by atoms with E-state index in [1.54, 1.807) is 0 Å². The smallest absolute Gasteiger partial charge is 0.106 e. The van der Waals surface area contributed by atoms with Crippen molar-refractivity contribution in [1.29, 1.82) is 0 Å². The van der Waals surface area contributed by atoms with Gasteiger partial charge in [0.25, 0.3) is 0 Å². The minimum absolute atomic E-state index is 0.0266. The molecule has 0 aromatic heterocycles. The summed E-state index contributed by atoms with van der Waals surface area (Å²) < 4.78 is 0. The third-order valence-corrected chi connectivity index (χ3v) is 4.00. The summed E-state index contributed by atoms with van der Waals surface area (Å²) in [5.41, 5.74) is 0. The quantitative estimate of drug-likeness (QED) is 0.467. The molecule has 0 amide bonds. The van der Waals surface area contributed by atoms with Crippen molar-refractivity contribution in [2.45, 2.75) is 43.6 Å². The monoisotopic (exact) mass is 231 g/mol. The second-order valence-electron chi connectivity index (χ2n) is 4.92. The molecule has 16 heavy (non-hydrogen) atoms. The summed E-state index contributed by atoms with van der Waals surface area (Å²) in [6.07, 6.45) is -0.359. The van der Waals surface area contributed by atoms with Gasteiger partial charge in [0.05, 0.1) is 18.8 Å². The predicted octanol–water partition coefficient (Wildman–Crippen LogP) is -1.45. The highest BCUT2D eigenvalue weighted by Gasteiger charge is 2.45. The van der Waals surface area contributed by atoms with Gasteiger partial charge in [0.2, 0.25) is 0 Å². The van der Waals surface area contributed by atoms with E-state index in [1.807, 2.05) is 0 Å². The van der Waals surface area contributed by atoms with Crippen molar-refractivity contribution in [2.24, 2.45) is 5.92 Å². The molecule has 0 unspecified atom stereocenters. The second kappa shape index (κ2) is 4.98. The SMILES string of the molecule is OCCN1CCC[C@@H]2[C@@H](O)[C@H](O)[C@@H](O)C[C@@H]21. The van der Waals surface area contributed by atoms with Gasteiger partial charge in [-0.2, -0.15) is 0 Å². The van der Waals surface area contributed by atoms with Gasteiger partial charge in [-0.1, -0.05) is 0 Å². The molecule has 1 aliphatic carbocycles.